The summed E-state index contributed by atoms with van der Waals surface area (Å²) in [5.74, 6) is 0. The topological polar surface area (TPSA) is 9.23 Å². The Labute approximate surface area is 127 Å². The summed E-state index contributed by atoms with van der Waals surface area (Å²) in [5.41, 5.74) is 5.07. The molecule has 2 rings (SSSR count). The minimum absolute atomic E-state index is 0.0166. The zero-order chi connectivity index (χ0) is 15.1. The predicted molar refractivity (Wildman–Crippen MR) is 89.2 cm³/mol. The molecule has 21 heavy (non-hydrogen) atoms. The van der Waals surface area contributed by atoms with Gasteiger partial charge in [0, 0.05) is 6.42 Å². The molecule has 0 spiro atoms. The van der Waals surface area contributed by atoms with Crippen LogP contribution < -0.4 is 0 Å². The van der Waals surface area contributed by atoms with Crippen LogP contribution in [0.2, 0.25) is 0 Å². The Balaban J connectivity index is 2.24. The summed E-state index contributed by atoms with van der Waals surface area (Å²) >= 11 is 0. The van der Waals surface area contributed by atoms with Gasteiger partial charge in [-0.05, 0) is 42.2 Å². The van der Waals surface area contributed by atoms with Gasteiger partial charge in [-0.15, -0.1) is 0 Å². The van der Waals surface area contributed by atoms with E-state index >= 15 is 0 Å². The summed E-state index contributed by atoms with van der Waals surface area (Å²) in [5, 5.41) is 0. The average molecular weight is 278 g/mol. The molecule has 2 aromatic carbocycles. The van der Waals surface area contributed by atoms with Crippen molar-refractivity contribution in [2.75, 3.05) is 0 Å². The first kappa shape index (κ1) is 15.1. The van der Waals surface area contributed by atoms with Gasteiger partial charge in [-0.1, -0.05) is 61.2 Å². The van der Waals surface area contributed by atoms with Gasteiger partial charge >= 0.3 is 0 Å². The molecule has 1 heteroatoms. The van der Waals surface area contributed by atoms with Gasteiger partial charge in [0.25, 0.3) is 0 Å². The van der Waals surface area contributed by atoms with Gasteiger partial charge in [0.05, 0.1) is 6.26 Å². The third-order valence-corrected chi connectivity index (χ3v) is 3.62. The highest BCUT2D eigenvalue weighted by Gasteiger charge is 2.13. The molecule has 0 amide bonds. The molecule has 0 aliphatic heterocycles. The standard InChI is InChI=1S/C20H22O/c1-4-5-13-21-20(15-18-9-7-6-8-10-18)19-12-11-16(2)17(3)14-19/h4-14,20H,1,15H2,2-3H3. The van der Waals surface area contributed by atoms with E-state index in [1.165, 1.54) is 22.3 Å². The first-order chi connectivity index (χ1) is 10.2. The van der Waals surface area contributed by atoms with Crippen LogP contribution in [0.1, 0.15) is 28.4 Å². The molecule has 0 heterocycles. The lowest BCUT2D eigenvalue weighted by Crippen LogP contribution is -2.05. The molecule has 0 saturated heterocycles. The van der Waals surface area contributed by atoms with Gasteiger partial charge in [-0.3, -0.25) is 0 Å². The number of rotatable bonds is 6. The van der Waals surface area contributed by atoms with Crippen molar-refractivity contribution in [2.24, 2.45) is 0 Å². The monoisotopic (exact) mass is 278 g/mol. The second-order valence-corrected chi connectivity index (χ2v) is 5.22. The third kappa shape index (κ3) is 4.35. The SMILES string of the molecule is C=CC=COC(Cc1ccccc1)c1ccc(C)c(C)c1. The molecule has 0 N–H and O–H groups in total. The first-order valence-corrected chi connectivity index (χ1v) is 7.25. The Kier molecular flexibility index (Phi) is 5.39. The lowest BCUT2D eigenvalue weighted by atomic mass is 9.98. The van der Waals surface area contributed by atoms with E-state index in [0.29, 0.717) is 0 Å². The van der Waals surface area contributed by atoms with Crippen molar-refractivity contribution in [1.29, 1.82) is 0 Å². The number of benzene rings is 2. The lowest BCUT2D eigenvalue weighted by Gasteiger charge is -2.18. The minimum atomic E-state index is 0.0166. The van der Waals surface area contributed by atoms with Gasteiger partial charge in [-0.25, -0.2) is 0 Å². The van der Waals surface area contributed by atoms with Crippen LogP contribution in [0.5, 0.6) is 0 Å². The van der Waals surface area contributed by atoms with Crippen LogP contribution in [-0.2, 0) is 11.2 Å². The molecular weight excluding hydrogens is 256 g/mol. The Morgan fingerprint density at radius 2 is 1.81 bits per heavy atom. The van der Waals surface area contributed by atoms with Gasteiger partial charge in [0.15, 0.2) is 0 Å². The van der Waals surface area contributed by atoms with Crippen molar-refractivity contribution in [3.63, 3.8) is 0 Å². The van der Waals surface area contributed by atoms with Crippen molar-refractivity contribution in [3.8, 4) is 0 Å². The van der Waals surface area contributed by atoms with Gasteiger partial charge < -0.3 is 4.74 Å². The molecular formula is C20H22O. The number of hydrogen-bond donors (Lipinski definition) is 0. The maximum atomic E-state index is 5.92. The van der Waals surface area contributed by atoms with Crippen LogP contribution in [0.4, 0.5) is 0 Å². The maximum Gasteiger partial charge on any atom is 0.127 e. The lowest BCUT2D eigenvalue weighted by molar-refractivity contribution is 0.146. The molecule has 1 atom stereocenters. The van der Waals surface area contributed by atoms with Gasteiger partial charge in [-0.2, -0.15) is 0 Å². The van der Waals surface area contributed by atoms with Crippen molar-refractivity contribution in [3.05, 3.63) is 95.8 Å². The zero-order valence-electron chi connectivity index (χ0n) is 12.8. The van der Waals surface area contributed by atoms with Crippen molar-refractivity contribution >= 4 is 0 Å². The van der Waals surface area contributed by atoms with Crippen molar-refractivity contribution in [1.82, 2.24) is 0 Å². The number of aryl methyl sites for hydroxylation is 2. The van der Waals surface area contributed by atoms with E-state index in [4.69, 9.17) is 4.74 Å². The highest BCUT2D eigenvalue weighted by molar-refractivity contribution is 5.32. The number of ether oxygens (including phenoxy) is 1. The summed E-state index contributed by atoms with van der Waals surface area (Å²) in [6.45, 7) is 7.94. The van der Waals surface area contributed by atoms with Crippen LogP contribution >= 0.6 is 0 Å². The molecule has 0 bridgehead atoms. The molecule has 0 aromatic heterocycles. The molecule has 1 nitrogen and oxygen atoms in total. The molecule has 0 fully saturated rings. The fraction of sp³-hybridized carbons (Fsp3) is 0.200. The van der Waals surface area contributed by atoms with E-state index in [1.807, 2.05) is 12.1 Å². The molecule has 0 aliphatic rings. The fourth-order valence-corrected chi connectivity index (χ4v) is 2.23. The van der Waals surface area contributed by atoms with Crippen LogP contribution in [0.25, 0.3) is 0 Å². The van der Waals surface area contributed by atoms with Gasteiger partial charge in [0.1, 0.15) is 6.10 Å². The summed E-state index contributed by atoms with van der Waals surface area (Å²) < 4.78 is 5.92. The molecule has 0 saturated carbocycles. The van der Waals surface area contributed by atoms with Crippen LogP contribution in [0.3, 0.4) is 0 Å². The largest absolute Gasteiger partial charge is 0.493 e. The van der Waals surface area contributed by atoms with Crippen molar-refractivity contribution in [2.45, 2.75) is 26.4 Å². The Morgan fingerprint density at radius 3 is 2.48 bits per heavy atom. The zero-order valence-corrected chi connectivity index (χ0v) is 12.8. The van der Waals surface area contributed by atoms with E-state index in [9.17, 15) is 0 Å². The molecule has 108 valence electrons. The van der Waals surface area contributed by atoms with E-state index in [0.717, 1.165) is 6.42 Å². The quantitative estimate of drug-likeness (QED) is 0.514. The Morgan fingerprint density at radius 1 is 1.05 bits per heavy atom. The van der Waals surface area contributed by atoms with Crippen LogP contribution in [0.15, 0.2) is 73.5 Å². The second-order valence-electron chi connectivity index (χ2n) is 5.22. The van der Waals surface area contributed by atoms with Gasteiger partial charge in [0.2, 0.25) is 0 Å². The minimum Gasteiger partial charge on any atom is -0.493 e. The van der Waals surface area contributed by atoms with Crippen LogP contribution in [0, 0.1) is 13.8 Å². The smallest absolute Gasteiger partial charge is 0.127 e. The molecule has 2 aromatic rings. The van der Waals surface area contributed by atoms with E-state index in [-0.39, 0.29) is 6.10 Å². The summed E-state index contributed by atoms with van der Waals surface area (Å²) in [4.78, 5) is 0. The average Bonchev–Trinajstić information content (AvgIpc) is 2.50. The summed E-state index contributed by atoms with van der Waals surface area (Å²) in [7, 11) is 0. The molecule has 0 aliphatic carbocycles. The second kappa shape index (κ2) is 7.49. The first-order valence-electron chi connectivity index (χ1n) is 7.25. The third-order valence-electron chi connectivity index (χ3n) is 3.62. The van der Waals surface area contributed by atoms with E-state index in [1.54, 1.807) is 12.3 Å². The fourth-order valence-electron chi connectivity index (χ4n) is 2.23. The van der Waals surface area contributed by atoms with E-state index < -0.39 is 0 Å². The maximum absolute atomic E-state index is 5.92. The highest BCUT2D eigenvalue weighted by Crippen LogP contribution is 2.24. The van der Waals surface area contributed by atoms with Crippen molar-refractivity contribution < 1.29 is 4.74 Å². The molecule has 1 unspecified atom stereocenters. The van der Waals surface area contributed by atoms with E-state index in [2.05, 4.69) is 62.9 Å². The number of allylic oxidation sites excluding steroid dienone is 2. The predicted octanol–water partition coefficient (Wildman–Crippen LogP) is 5.30. The Bertz CT molecular complexity index is 611. The number of hydrogen-bond acceptors (Lipinski definition) is 1. The highest BCUT2D eigenvalue weighted by atomic mass is 16.5. The summed E-state index contributed by atoms with van der Waals surface area (Å²) in [6, 6.07) is 16.9. The normalized spacial score (nSPS) is 12.3. The summed E-state index contributed by atoms with van der Waals surface area (Å²) in [6.07, 6.45) is 6.13. The Hall–Kier alpha value is -2.28. The van der Waals surface area contributed by atoms with Crippen LogP contribution in [-0.4, -0.2) is 0 Å². The molecule has 0 radical (unpaired) electrons.